The van der Waals surface area contributed by atoms with Crippen LogP contribution >= 0.6 is 0 Å². The highest BCUT2D eigenvalue weighted by Crippen LogP contribution is 2.52. The van der Waals surface area contributed by atoms with Crippen LogP contribution in [0.4, 0.5) is 10.5 Å². The fourth-order valence-electron chi connectivity index (χ4n) is 8.56. The number of carbonyl (C=O) groups is 1. The Labute approximate surface area is 271 Å². The molecular formula is C35H44N6O4S. The van der Waals surface area contributed by atoms with E-state index in [4.69, 9.17) is 0 Å². The maximum atomic E-state index is 13.0. The van der Waals surface area contributed by atoms with Gasteiger partial charge in [0.05, 0.1) is 22.6 Å². The van der Waals surface area contributed by atoms with Gasteiger partial charge in [0.25, 0.3) is 0 Å². The van der Waals surface area contributed by atoms with E-state index < -0.39 is 21.3 Å². The normalized spacial score (nSPS) is 23.3. The van der Waals surface area contributed by atoms with Crippen LogP contribution < -0.4 is 10.2 Å². The van der Waals surface area contributed by atoms with Crippen molar-refractivity contribution >= 4 is 21.6 Å². The number of hydrogen-bond donors (Lipinski definition) is 2. The summed E-state index contributed by atoms with van der Waals surface area (Å²) in [5.41, 5.74) is 1.58. The summed E-state index contributed by atoms with van der Waals surface area (Å²) in [7, 11) is -1.90. The second-order valence-electron chi connectivity index (χ2n) is 13.9. The summed E-state index contributed by atoms with van der Waals surface area (Å²) in [4.78, 5) is 16.6. The number of rotatable bonds is 10. The molecule has 3 aliphatic rings. The third-order valence-corrected chi connectivity index (χ3v) is 12.4. The van der Waals surface area contributed by atoms with E-state index in [2.05, 4.69) is 45.3 Å². The molecule has 3 aromatic rings. The third kappa shape index (κ3) is 6.13. The highest BCUT2D eigenvalue weighted by molar-refractivity contribution is 7.91. The second kappa shape index (κ2) is 12.7. The number of nitrogens with one attached hydrogen (secondary N) is 1. The zero-order chi connectivity index (χ0) is 32.5. The van der Waals surface area contributed by atoms with Gasteiger partial charge in [0.15, 0.2) is 0 Å². The molecule has 0 radical (unpaired) electrons. The summed E-state index contributed by atoms with van der Waals surface area (Å²) < 4.78 is 27.4. The highest BCUT2D eigenvalue weighted by atomic mass is 32.2. The van der Waals surface area contributed by atoms with Crippen molar-refractivity contribution in [3.8, 4) is 6.07 Å². The molecule has 3 heterocycles. The minimum atomic E-state index is -3.60. The average Bonchev–Trinajstić information content (AvgIpc) is 3.71. The molecule has 1 saturated carbocycles. The first-order valence-electron chi connectivity index (χ1n) is 16.3. The predicted molar refractivity (Wildman–Crippen MR) is 175 cm³/mol. The molecule has 2 N–H and O–H groups in total. The van der Waals surface area contributed by atoms with Crippen molar-refractivity contribution in [3.05, 3.63) is 72.6 Å². The highest BCUT2D eigenvalue weighted by Gasteiger charge is 2.52. The van der Waals surface area contributed by atoms with Crippen LogP contribution in [-0.4, -0.2) is 73.6 Å². The Bertz CT molecular complexity index is 1670. The van der Waals surface area contributed by atoms with Gasteiger partial charge < -0.3 is 20.2 Å². The van der Waals surface area contributed by atoms with Crippen LogP contribution in [0.15, 0.2) is 76.8 Å². The molecule has 3 atom stereocenters. The summed E-state index contributed by atoms with van der Waals surface area (Å²) in [6.07, 6.45) is 6.66. The molecule has 2 saturated heterocycles. The number of aromatic nitrogens is 2. The molecule has 11 heteroatoms. The summed E-state index contributed by atoms with van der Waals surface area (Å²) in [6.45, 7) is 7.35. The molecule has 3 fully saturated rings. The van der Waals surface area contributed by atoms with Crippen molar-refractivity contribution in [2.45, 2.75) is 54.2 Å². The van der Waals surface area contributed by atoms with E-state index in [-0.39, 0.29) is 33.0 Å². The molecule has 2 aliphatic heterocycles. The SMILES string of the molecule is Cn1cc(S(=O)(=O)c2ccc(N3CC(C)(CN4CCC(C(C#N)(c5ccccc5)C5CCCC5CNC(=O)O)CC4)C3)cc2)cn1. The Hall–Kier alpha value is -3.88. The minimum absolute atomic E-state index is 0.117. The number of amides is 1. The third-order valence-electron chi connectivity index (χ3n) is 10.7. The first kappa shape index (κ1) is 32.1. The van der Waals surface area contributed by atoms with Crippen molar-refractivity contribution < 1.29 is 18.3 Å². The topological polar surface area (TPSA) is 132 Å². The van der Waals surface area contributed by atoms with Gasteiger partial charge in [0.1, 0.15) is 4.90 Å². The lowest BCUT2D eigenvalue weighted by Crippen LogP contribution is -2.60. The van der Waals surface area contributed by atoms with Crippen molar-refractivity contribution in [1.82, 2.24) is 20.0 Å². The predicted octanol–water partition coefficient (Wildman–Crippen LogP) is 4.94. The number of nitriles is 1. The number of sulfone groups is 1. The van der Waals surface area contributed by atoms with Crippen LogP contribution in [0.2, 0.25) is 0 Å². The molecule has 1 aliphatic carbocycles. The second-order valence-corrected chi connectivity index (χ2v) is 15.8. The number of hydrogen-bond acceptors (Lipinski definition) is 7. The number of likely N-dealkylation sites (tertiary alicyclic amines) is 1. The maximum Gasteiger partial charge on any atom is 0.404 e. The van der Waals surface area contributed by atoms with Crippen molar-refractivity contribution in [2.24, 2.45) is 30.2 Å². The van der Waals surface area contributed by atoms with Gasteiger partial charge in [0.2, 0.25) is 9.84 Å². The Morgan fingerprint density at radius 3 is 2.37 bits per heavy atom. The lowest BCUT2D eigenvalue weighted by molar-refractivity contribution is 0.0665. The molecule has 244 valence electrons. The fourth-order valence-corrected chi connectivity index (χ4v) is 9.80. The zero-order valence-electron chi connectivity index (χ0n) is 26.7. The van der Waals surface area contributed by atoms with Gasteiger partial charge in [-0.25, -0.2) is 13.2 Å². The molecule has 10 nitrogen and oxygen atoms in total. The Morgan fingerprint density at radius 1 is 1.07 bits per heavy atom. The van der Waals surface area contributed by atoms with Crippen LogP contribution in [0.3, 0.4) is 0 Å². The molecule has 0 spiro atoms. The van der Waals surface area contributed by atoms with E-state index in [0.29, 0.717) is 6.54 Å². The lowest BCUT2D eigenvalue weighted by atomic mass is 9.58. The van der Waals surface area contributed by atoms with Gasteiger partial charge >= 0.3 is 6.09 Å². The molecule has 2 aromatic carbocycles. The zero-order valence-corrected chi connectivity index (χ0v) is 27.5. The number of piperidine rings is 1. The smallest absolute Gasteiger partial charge is 0.404 e. The summed E-state index contributed by atoms with van der Waals surface area (Å²) in [6, 6.07) is 20.2. The molecule has 3 unspecified atom stereocenters. The Balaban J connectivity index is 1.09. The number of nitrogens with zero attached hydrogens (tertiary/aromatic N) is 5. The largest absolute Gasteiger partial charge is 0.465 e. The standard InChI is InChI=1S/C35H44N6O4S/c1-34(24-41(25-34)29-11-13-30(14-12-29)46(44,45)31-20-38-39(2)21-31)23-40-17-15-28(16-18-40)35(22-36,27-8-4-3-5-9-27)32-10-6-7-26(32)19-37-33(42)43/h3-5,8-9,11-14,20-21,26,28,32,37H,6-7,10,15-19,23-25H2,1-2H3,(H,42,43). The Kier molecular flexibility index (Phi) is 8.87. The average molecular weight is 645 g/mol. The summed E-state index contributed by atoms with van der Waals surface area (Å²) in [5.74, 6) is 0.476. The van der Waals surface area contributed by atoms with Crippen LogP contribution in [0.25, 0.3) is 0 Å². The molecule has 6 rings (SSSR count). The van der Waals surface area contributed by atoms with E-state index in [1.54, 1.807) is 19.2 Å². The lowest BCUT2D eigenvalue weighted by Gasteiger charge is -2.53. The van der Waals surface area contributed by atoms with Crippen LogP contribution in [-0.2, 0) is 22.3 Å². The number of aryl methyl sites for hydroxylation is 1. The van der Waals surface area contributed by atoms with Crippen LogP contribution in [0.1, 0.15) is 44.6 Å². The van der Waals surface area contributed by atoms with E-state index in [1.807, 2.05) is 30.3 Å². The van der Waals surface area contributed by atoms with Gasteiger partial charge in [-0.15, -0.1) is 0 Å². The van der Waals surface area contributed by atoms with Gasteiger partial charge in [-0.2, -0.15) is 10.4 Å². The quantitative estimate of drug-likeness (QED) is 0.318. The number of carboxylic acid groups (broad SMARTS) is 1. The van der Waals surface area contributed by atoms with Gasteiger partial charge in [0, 0.05) is 50.5 Å². The van der Waals surface area contributed by atoms with E-state index >= 15 is 0 Å². The van der Waals surface area contributed by atoms with Crippen LogP contribution in [0, 0.1) is 34.5 Å². The van der Waals surface area contributed by atoms with Gasteiger partial charge in [-0.3, -0.25) is 4.68 Å². The fraction of sp³-hybridized carbons (Fsp3) is 0.514. The van der Waals surface area contributed by atoms with E-state index in [9.17, 15) is 23.6 Å². The Morgan fingerprint density at radius 2 is 1.76 bits per heavy atom. The van der Waals surface area contributed by atoms with Crippen molar-refractivity contribution in [2.75, 3.05) is 44.2 Å². The number of benzene rings is 2. The maximum absolute atomic E-state index is 13.0. The minimum Gasteiger partial charge on any atom is -0.465 e. The molecule has 46 heavy (non-hydrogen) atoms. The van der Waals surface area contributed by atoms with Gasteiger partial charge in [-0.1, -0.05) is 43.7 Å². The summed E-state index contributed by atoms with van der Waals surface area (Å²) in [5, 5.41) is 26.8. The van der Waals surface area contributed by atoms with Crippen molar-refractivity contribution in [1.29, 1.82) is 5.26 Å². The molecule has 0 bridgehead atoms. The molecule has 1 aromatic heterocycles. The van der Waals surface area contributed by atoms with Crippen molar-refractivity contribution in [3.63, 3.8) is 0 Å². The van der Waals surface area contributed by atoms with E-state index in [0.717, 1.165) is 76.1 Å². The number of anilines is 1. The van der Waals surface area contributed by atoms with Crippen LogP contribution in [0.5, 0.6) is 0 Å². The molecule has 1 amide bonds. The monoisotopic (exact) mass is 644 g/mol. The van der Waals surface area contributed by atoms with E-state index in [1.165, 1.54) is 17.1 Å². The molecular weight excluding hydrogens is 600 g/mol. The first-order valence-corrected chi connectivity index (χ1v) is 17.8. The van der Waals surface area contributed by atoms with Gasteiger partial charge in [-0.05, 0) is 86.4 Å². The first-order chi connectivity index (χ1) is 22.0. The summed E-state index contributed by atoms with van der Waals surface area (Å²) >= 11 is 0.